The zero-order valence-electron chi connectivity index (χ0n) is 9.83. The lowest BCUT2D eigenvalue weighted by Gasteiger charge is -2.13. The van der Waals surface area contributed by atoms with E-state index in [2.05, 4.69) is 37.9 Å². The summed E-state index contributed by atoms with van der Waals surface area (Å²) in [4.78, 5) is 4.42. The van der Waals surface area contributed by atoms with E-state index in [1.807, 2.05) is 18.2 Å². The van der Waals surface area contributed by atoms with Gasteiger partial charge in [-0.15, -0.1) is 0 Å². The van der Waals surface area contributed by atoms with Crippen LogP contribution in [-0.4, -0.2) is 11.4 Å². The van der Waals surface area contributed by atoms with Crippen LogP contribution in [0.25, 0.3) is 0 Å². The summed E-state index contributed by atoms with van der Waals surface area (Å²) in [5.74, 6) is 0.742. The summed E-state index contributed by atoms with van der Waals surface area (Å²) >= 11 is 0. The second-order valence-electron chi connectivity index (χ2n) is 4.76. The third kappa shape index (κ3) is 5.21. The Kier molecular flexibility index (Phi) is 3.89. The minimum absolute atomic E-state index is 0.0687. The molecule has 0 aromatic heterocycles. The first-order valence-corrected chi connectivity index (χ1v) is 5.35. The molecule has 0 fully saturated rings. The number of nitrogens with two attached hydrogens (primary N) is 1. The molecule has 2 nitrogen and oxygen atoms in total. The highest BCUT2D eigenvalue weighted by Crippen LogP contribution is 2.08. The molecule has 0 saturated carbocycles. The highest BCUT2D eigenvalue weighted by atomic mass is 14.9. The van der Waals surface area contributed by atoms with Crippen LogP contribution < -0.4 is 5.73 Å². The Morgan fingerprint density at radius 1 is 1.20 bits per heavy atom. The molecule has 0 bridgehead atoms. The highest BCUT2D eigenvalue weighted by Gasteiger charge is 2.07. The van der Waals surface area contributed by atoms with Gasteiger partial charge in [-0.2, -0.15) is 0 Å². The number of rotatable bonds is 3. The van der Waals surface area contributed by atoms with E-state index in [1.54, 1.807) is 0 Å². The first-order chi connectivity index (χ1) is 6.97. The highest BCUT2D eigenvalue weighted by molar-refractivity contribution is 5.80. The van der Waals surface area contributed by atoms with Crippen LogP contribution in [0.3, 0.4) is 0 Å². The monoisotopic (exact) mass is 204 g/mol. The molecule has 0 aliphatic heterocycles. The standard InChI is InChI=1S/C13H20N2/c1-13(2,3)15-12(14)10-9-11-7-5-4-6-8-11/h4-8H,9-10H2,1-3H3,(H2,14,15). The average molecular weight is 204 g/mol. The molecule has 1 aromatic carbocycles. The van der Waals surface area contributed by atoms with Crippen LogP contribution in [0.5, 0.6) is 0 Å². The normalized spacial score (nSPS) is 12.9. The van der Waals surface area contributed by atoms with Gasteiger partial charge in [-0.05, 0) is 32.8 Å². The van der Waals surface area contributed by atoms with Gasteiger partial charge in [0.1, 0.15) is 0 Å². The van der Waals surface area contributed by atoms with Gasteiger partial charge in [-0.25, -0.2) is 0 Å². The predicted molar refractivity (Wildman–Crippen MR) is 66.1 cm³/mol. The quantitative estimate of drug-likeness (QED) is 0.596. The number of hydrogen-bond donors (Lipinski definition) is 1. The fourth-order valence-electron chi connectivity index (χ4n) is 1.40. The van der Waals surface area contributed by atoms with E-state index in [4.69, 9.17) is 5.73 Å². The molecule has 2 N–H and O–H groups in total. The van der Waals surface area contributed by atoms with Crippen molar-refractivity contribution in [1.29, 1.82) is 0 Å². The van der Waals surface area contributed by atoms with E-state index in [-0.39, 0.29) is 5.54 Å². The van der Waals surface area contributed by atoms with Crippen LogP contribution in [-0.2, 0) is 6.42 Å². The van der Waals surface area contributed by atoms with Crippen LogP contribution >= 0.6 is 0 Å². The van der Waals surface area contributed by atoms with Crippen LogP contribution in [0.1, 0.15) is 32.8 Å². The molecule has 0 spiro atoms. The minimum Gasteiger partial charge on any atom is -0.387 e. The molecule has 0 aliphatic carbocycles. The Hall–Kier alpha value is -1.31. The van der Waals surface area contributed by atoms with Crippen molar-refractivity contribution in [1.82, 2.24) is 0 Å². The molecule has 1 rings (SSSR count). The van der Waals surface area contributed by atoms with Crippen molar-refractivity contribution >= 4 is 5.84 Å². The van der Waals surface area contributed by atoms with Gasteiger partial charge in [0.15, 0.2) is 0 Å². The van der Waals surface area contributed by atoms with Crippen molar-refractivity contribution < 1.29 is 0 Å². The number of aliphatic imine (C=N–C) groups is 1. The van der Waals surface area contributed by atoms with Gasteiger partial charge in [0, 0.05) is 6.42 Å². The molecule has 0 radical (unpaired) electrons. The Balaban J connectivity index is 2.48. The lowest BCUT2D eigenvalue weighted by atomic mass is 10.1. The molecule has 0 aliphatic rings. The van der Waals surface area contributed by atoms with Crippen LogP contribution in [0.2, 0.25) is 0 Å². The molecular formula is C13H20N2. The fraction of sp³-hybridized carbons (Fsp3) is 0.462. The van der Waals surface area contributed by atoms with Gasteiger partial charge < -0.3 is 5.73 Å². The average Bonchev–Trinajstić information content (AvgIpc) is 2.14. The molecule has 0 amide bonds. The second kappa shape index (κ2) is 4.96. The SMILES string of the molecule is CC(C)(C)N=C(N)CCc1ccccc1. The molecule has 0 atom stereocenters. The maximum atomic E-state index is 5.86. The number of hydrogen-bond acceptors (Lipinski definition) is 1. The van der Waals surface area contributed by atoms with Gasteiger partial charge in [-0.3, -0.25) is 4.99 Å². The summed E-state index contributed by atoms with van der Waals surface area (Å²) < 4.78 is 0. The van der Waals surface area contributed by atoms with E-state index >= 15 is 0 Å². The van der Waals surface area contributed by atoms with Crippen molar-refractivity contribution in [2.75, 3.05) is 0 Å². The van der Waals surface area contributed by atoms with Gasteiger partial charge in [0.05, 0.1) is 11.4 Å². The fourth-order valence-corrected chi connectivity index (χ4v) is 1.40. The van der Waals surface area contributed by atoms with Crippen LogP contribution in [0, 0.1) is 0 Å². The molecule has 0 unspecified atom stereocenters. The number of benzene rings is 1. The zero-order chi connectivity index (χ0) is 11.3. The van der Waals surface area contributed by atoms with E-state index < -0.39 is 0 Å². The van der Waals surface area contributed by atoms with Crippen molar-refractivity contribution in [3.05, 3.63) is 35.9 Å². The molecule has 82 valence electrons. The molecule has 0 heterocycles. The van der Waals surface area contributed by atoms with Gasteiger partial charge in [-0.1, -0.05) is 30.3 Å². The molecule has 0 saturated heterocycles. The van der Waals surface area contributed by atoms with E-state index in [9.17, 15) is 0 Å². The Bertz CT molecular complexity index is 320. The second-order valence-corrected chi connectivity index (χ2v) is 4.76. The minimum atomic E-state index is -0.0687. The first-order valence-electron chi connectivity index (χ1n) is 5.35. The largest absolute Gasteiger partial charge is 0.387 e. The first kappa shape index (κ1) is 11.8. The van der Waals surface area contributed by atoms with Crippen molar-refractivity contribution in [2.24, 2.45) is 10.7 Å². The zero-order valence-corrected chi connectivity index (χ0v) is 9.83. The lowest BCUT2D eigenvalue weighted by molar-refractivity contribution is 0.580. The summed E-state index contributed by atoms with van der Waals surface area (Å²) in [7, 11) is 0. The molecular weight excluding hydrogens is 184 g/mol. The Morgan fingerprint density at radius 3 is 2.33 bits per heavy atom. The lowest BCUT2D eigenvalue weighted by Crippen LogP contribution is -2.20. The van der Waals surface area contributed by atoms with E-state index in [1.165, 1.54) is 5.56 Å². The maximum Gasteiger partial charge on any atom is 0.0946 e. The smallest absolute Gasteiger partial charge is 0.0946 e. The van der Waals surface area contributed by atoms with Crippen molar-refractivity contribution in [2.45, 2.75) is 39.2 Å². The van der Waals surface area contributed by atoms with E-state index in [0.717, 1.165) is 18.7 Å². The third-order valence-corrected chi connectivity index (χ3v) is 1.99. The number of amidine groups is 1. The van der Waals surface area contributed by atoms with Crippen LogP contribution in [0.4, 0.5) is 0 Å². The van der Waals surface area contributed by atoms with Crippen molar-refractivity contribution in [3.63, 3.8) is 0 Å². The van der Waals surface area contributed by atoms with Crippen molar-refractivity contribution in [3.8, 4) is 0 Å². The van der Waals surface area contributed by atoms with E-state index in [0.29, 0.717) is 0 Å². The van der Waals surface area contributed by atoms with Gasteiger partial charge in [0.25, 0.3) is 0 Å². The molecule has 2 heteroatoms. The summed E-state index contributed by atoms with van der Waals surface area (Å²) in [6, 6.07) is 10.4. The Labute approximate surface area is 92.2 Å². The summed E-state index contributed by atoms with van der Waals surface area (Å²) in [6.45, 7) is 6.17. The Morgan fingerprint density at radius 2 is 1.80 bits per heavy atom. The summed E-state index contributed by atoms with van der Waals surface area (Å²) in [5.41, 5.74) is 7.10. The summed E-state index contributed by atoms with van der Waals surface area (Å²) in [6.07, 6.45) is 1.80. The van der Waals surface area contributed by atoms with Gasteiger partial charge in [0.2, 0.25) is 0 Å². The van der Waals surface area contributed by atoms with Crippen LogP contribution in [0.15, 0.2) is 35.3 Å². The predicted octanol–water partition coefficient (Wildman–Crippen LogP) is 2.77. The number of aryl methyl sites for hydroxylation is 1. The number of nitrogens with zero attached hydrogens (tertiary/aromatic N) is 1. The van der Waals surface area contributed by atoms with Gasteiger partial charge >= 0.3 is 0 Å². The summed E-state index contributed by atoms with van der Waals surface area (Å²) in [5, 5.41) is 0. The maximum absolute atomic E-state index is 5.86. The molecule has 15 heavy (non-hydrogen) atoms. The third-order valence-electron chi connectivity index (χ3n) is 1.99. The topological polar surface area (TPSA) is 38.4 Å². The molecule has 1 aromatic rings.